The third kappa shape index (κ3) is 8.88. The van der Waals surface area contributed by atoms with Gasteiger partial charge in [0.25, 0.3) is 21.8 Å². The Labute approximate surface area is 255 Å². The van der Waals surface area contributed by atoms with Crippen LogP contribution in [0.2, 0.25) is 0 Å². The number of nitrogens with zero attached hydrogens (tertiary/aromatic N) is 2. The lowest BCUT2D eigenvalue weighted by Gasteiger charge is -2.24. The Morgan fingerprint density at radius 2 is 1.45 bits per heavy atom. The van der Waals surface area contributed by atoms with Gasteiger partial charge in [-0.05, 0) is 104 Å². The Kier molecular flexibility index (Phi) is 10.7. The third-order valence-corrected chi connectivity index (χ3v) is 7.90. The van der Waals surface area contributed by atoms with Crippen molar-refractivity contribution < 1.29 is 31.9 Å². The van der Waals surface area contributed by atoms with Crippen LogP contribution in [0, 0.1) is 12.7 Å². The average Bonchev–Trinajstić information content (AvgIpc) is 3.01. The van der Waals surface area contributed by atoms with E-state index in [-0.39, 0.29) is 11.5 Å². The van der Waals surface area contributed by atoms with E-state index in [0.29, 0.717) is 35.0 Å². The highest BCUT2D eigenvalue weighted by atomic mass is 32.2. The maximum atomic E-state index is 13.6. The number of sulfonamides is 1. The number of hydrogen-bond donors (Lipinski definition) is 2. The van der Waals surface area contributed by atoms with Crippen molar-refractivity contribution in [2.45, 2.75) is 18.7 Å². The van der Waals surface area contributed by atoms with Crippen LogP contribution < -0.4 is 24.5 Å². The first-order valence-electron chi connectivity index (χ1n) is 13.6. The lowest BCUT2D eigenvalue weighted by atomic mass is 10.2. The predicted octanol–water partition coefficient (Wildman–Crippen LogP) is 4.90. The molecule has 0 aliphatic rings. The van der Waals surface area contributed by atoms with E-state index in [0.717, 1.165) is 9.87 Å². The lowest BCUT2D eigenvalue weighted by molar-refractivity contribution is -0.119. The molecule has 0 unspecified atom stereocenters. The summed E-state index contributed by atoms with van der Waals surface area (Å²) in [5, 5.41) is 6.55. The van der Waals surface area contributed by atoms with E-state index >= 15 is 0 Å². The van der Waals surface area contributed by atoms with Crippen molar-refractivity contribution >= 4 is 39.4 Å². The van der Waals surface area contributed by atoms with E-state index in [9.17, 15) is 22.4 Å². The van der Waals surface area contributed by atoms with Crippen LogP contribution in [0.5, 0.6) is 11.5 Å². The van der Waals surface area contributed by atoms with Crippen molar-refractivity contribution in [3.8, 4) is 11.5 Å². The number of hydrazone groups is 1. The van der Waals surface area contributed by atoms with Gasteiger partial charge in [0, 0.05) is 5.69 Å². The van der Waals surface area contributed by atoms with Gasteiger partial charge in [0.15, 0.2) is 6.61 Å². The molecule has 0 fully saturated rings. The Bertz CT molecular complexity index is 1690. The maximum Gasteiger partial charge on any atom is 0.264 e. The van der Waals surface area contributed by atoms with Crippen LogP contribution in [0.1, 0.15) is 18.1 Å². The summed E-state index contributed by atoms with van der Waals surface area (Å²) in [7, 11) is -4.10. The average molecular weight is 619 g/mol. The SMILES string of the molecule is CCOc1ccc(S(=O)(=O)N(CC(=O)N/N=C\c2ccc(OCC(=O)Nc3ccc(F)cc3)cc2)c2ccc(C)cc2)cc1. The Balaban J connectivity index is 1.35. The summed E-state index contributed by atoms with van der Waals surface area (Å²) in [6.45, 7) is 3.39. The number of benzene rings is 4. The molecule has 4 aromatic rings. The Morgan fingerprint density at radius 3 is 2.09 bits per heavy atom. The van der Waals surface area contributed by atoms with Crippen LogP contribution in [0.4, 0.5) is 15.8 Å². The van der Waals surface area contributed by atoms with Gasteiger partial charge in [0.05, 0.1) is 23.4 Å². The van der Waals surface area contributed by atoms with E-state index < -0.39 is 34.2 Å². The van der Waals surface area contributed by atoms with Crippen LogP contribution in [-0.2, 0) is 19.6 Å². The highest BCUT2D eigenvalue weighted by Crippen LogP contribution is 2.25. The number of amides is 2. The molecule has 0 spiro atoms. The summed E-state index contributed by atoms with van der Waals surface area (Å²) in [6.07, 6.45) is 1.39. The number of halogens is 1. The summed E-state index contributed by atoms with van der Waals surface area (Å²) in [6, 6.07) is 24.7. The minimum absolute atomic E-state index is 0.00748. The Morgan fingerprint density at radius 1 is 0.841 bits per heavy atom. The summed E-state index contributed by atoms with van der Waals surface area (Å²) in [5.41, 5.74) is 4.70. The quantitative estimate of drug-likeness (QED) is 0.162. The molecule has 0 saturated carbocycles. The number of carbonyl (C=O) groups is 2. The fraction of sp³-hybridized carbons (Fsp3) is 0.156. The van der Waals surface area contributed by atoms with Gasteiger partial charge >= 0.3 is 0 Å². The zero-order valence-electron chi connectivity index (χ0n) is 24.1. The molecule has 0 heterocycles. The fourth-order valence-electron chi connectivity index (χ4n) is 3.90. The van der Waals surface area contributed by atoms with Crippen molar-refractivity contribution in [1.29, 1.82) is 0 Å². The molecule has 0 bridgehead atoms. The van der Waals surface area contributed by atoms with Gasteiger partial charge in [-0.2, -0.15) is 5.10 Å². The number of hydrogen-bond acceptors (Lipinski definition) is 7. The molecule has 2 N–H and O–H groups in total. The van der Waals surface area contributed by atoms with Crippen LogP contribution in [-0.4, -0.2) is 46.2 Å². The molecule has 4 aromatic carbocycles. The number of ether oxygens (including phenoxy) is 2. The first-order valence-corrected chi connectivity index (χ1v) is 15.0. The van der Waals surface area contributed by atoms with Gasteiger partial charge in [-0.25, -0.2) is 18.2 Å². The van der Waals surface area contributed by atoms with Crippen molar-refractivity contribution in [3.63, 3.8) is 0 Å². The first-order chi connectivity index (χ1) is 21.1. The molecule has 44 heavy (non-hydrogen) atoms. The van der Waals surface area contributed by atoms with Crippen LogP contribution in [0.3, 0.4) is 0 Å². The number of nitrogens with one attached hydrogen (secondary N) is 2. The topological polar surface area (TPSA) is 126 Å². The molecule has 4 rings (SSSR count). The van der Waals surface area contributed by atoms with Gasteiger partial charge in [-0.1, -0.05) is 17.7 Å². The standard InChI is InChI=1S/C32H31FN4O6S/c1-3-42-28-16-18-30(19-17-28)44(40,41)37(27-12-4-23(2)5-13-27)21-31(38)36-34-20-24-6-14-29(15-7-24)43-22-32(39)35-26-10-8-25(33)9-11-26/h4-20H,3,21-22H2,1-2H3,(H,35,39)(H,36,38)/b34-20-. The van der Waals surface area contributed by atoms with Gasteiger partial charge in [-0.3, -0.25) is 13.9 Å². The molecule has 0 aliphatic heterocycles. The largest absolute Gasteiger partial charge is 0.494 e. The predicted molar refractivity (Wildman–Crippen MR) is 166 cm³/mol. The second kappa shape index (κ2) is 14.8. The third-order valence-electron chi connectivity index (χ3n) is 6.11. The fourth-order valence-corrected chi connectivity index (χ4v) is 5.32. The molecule has 2 amide bonds. The van der Waals surface area contributed by atoms with Crippen LogP contribution >= 0.6 is 0 Å². The van der Waals surface area contributed by atoms with Crippen molar-refractivity contribution in [3.05, 3.63) is 114 Å². The van der Waals surface area contributed by atoms with Gasteiger partial charge < -0.3 is 14.8 Å². The van der Waals surface area contributed by atoms with E-state index in [1.807, 2.05) is 13.8 Å². The minimum Gasteiger partial charge on any atom is -0.494 e. The second-order valence-corrected chi connectivity index (χ2v) is 11.3. The maximum absolute atomic E-state index is 13.6. The molecular formula is C32H31FN4O6S. The van der Waals surface area contributed by atoms with Gasteiger partial charge in [-0.15, -0.1) is 0 Å². The summed E-state index contributed by atoms with van der Waals surface area (Å²) in [5.74, 6) is -0.502. The lowest BCUT2D eigenvalue weighted by Crippen LogP contribution is -2.39. The van der Waals surface area contributed by atoms with E-state index in [1.165, 1.54) is 42.6 Å². The number of anilines is 2. The summed E-state index contributed by atoms with van der Waals surface area (Å²) < 4.78 is 52.0. The number of aryl methyl sites for hydroxylation is 1. The number of carbonyl (C=O) groups excluding carboxylic acids is 2. The van der Waals surface area contributed by atoms with E-state index in [4.69, 9.17) is 9.47 Å². The monoisotopic (exact) mass is 618 g/mol. The first kappa shape index (κ1) is 31.7. The van der Waals surface area contributed by atoms with Gasteiger partial charge in [0.1, 0.15) is 23.9 Å². The Hall–Kier alpha value is -5.23. The highest BCUT2D eigenvalue weighted by molar-refractivity contribution is 7.92. The summed E-state index contributed by atoms with van der Waals surface area (Å²) >= 11 is 0. The zero-order chi connectivity index (χ0) is 31.5. The summed E-state index contributed by atoms with van der Waals surface area (Å²) in [4.78, 5) is 24.9. The molecular weight excluding hydrogens is 587 g/mol. The highest BCUT2D eigenvalue weighted by Gasteiger charge is 2.27. The second-order valence-electron chi connectivity index (χ2n) is 9.46. The molecule has 0 radical (unpaired) electrons. The van der Waals surface area contributed by atoms with Crippen molar-refractivity contribution in [2.75, 3.05) is 29.4 Å². The number of rotatable bonds is 13. The molecule has 228 valence electrons. The smallest absolute Gasteiger partial charge is 0.264 e. The molecule has 0 aliphatic carbocycles. The molecule has 0 atom stereocenters. The zero-order valence-corrected chi connectivity index (χ0v) is 24.9. The van der Waals surface area contributed by atoms with Crippen molar-refractivity contribution in [1.82, 2.24) is 5.43 Å². The van der Waals surface area contributed by atoms with Gasteiger partial charge in [0.2, 0.25) is 0 Å². The van der Waals surface area contributed by atoms with Crippen molar-refractivity contribution in [2.24, 2.45) is 5.10 Å². The van der Waals surface area contributed by atoms with Crippen LogP contribution in [0.25, 0.3) is 0 Å². The molecule has 0 saturated heterocycles. The van der Waals surface area contributed by atoms with Crippen LogP contribution in [0.15, 0.2) is 107 Å². The molecule has 12 heteroatoms. The minimum atomic E-state index is -4.10. The van der Waals surface area contributed by atoms with E-state index in [1.54, 1.807) is 60.7 Å². The molecule has 0 aromatic heterocycles. The van der Waals surface area contributed by atoms with E-state index in [2.05, 4.69) is 15.8 Å². The molecule has 10 nitrogen and oxygen atoms in total. The normalized spacial score (nSPS) is 11.2.